The van der Waals surface area contributed by atoms with Gasteiger partial charge >= 0.3 is 5.97 Å². The standard InChI is InChI=1S/C19H28ClN3O5/c1-10(2)16(21)18(26)22-9-13(12-4-6-14(20)7-5-12)8-15(25)23-17(11(3)24)19(27)28/h4-7,10-11,13,16-17,24H,8-9,21H2,1-3H3,(H,22,26)(H,23,25)(H,27,28). The van der Waals surface area contributed by atoms with Gasteiger partial charge < -0.3 is 26.6 Å². The third kappa shape index (κ3) is 7.46. The number of hydrogen-bond donors (Lipinski definition) is 5. The maximum atomic E-state index is 12.4. The highest BCUT2D eigenvalue weighted by Gasteiger charge is 2.27. The number of carbonyl (C=O) groups excluding carboxylic acids is 2. The molecule has 0 fully saturated rings. The van der Waals surface area contributed by atoms with Gasteiger partial charge in [-0.3, -0.25) is 9.59 Å². The highest BCUT2D eigenvalue weighted by Crippen LogP contribution is 2.21. The monoisotopic (exact) mass is 413 g/mol. The Morgan fingerprint density at radius 3 is 2.18 bits per heavy atom. The number of amides is 2. The van der Waals surface area contributed by atoms with Crippen LogP contribution in [-0.2, 0) is 14.4 Å². The molecule has 2 amide bonds. The van der Waals surface area contributed by atoms with Gasteiger partial charge in [-0.1, -0.05) is 37.6 Å². The minimum Gasteiger partial charge on any atom is -0.480 e. The quantitative estimate of drug-likeness (QED) is 0.385. The Morgan fingerprint density at radius 1 is 1.14 bits per heavy atom. The minimum atomic E-state index is -1.41. The van der Waals surface area contributed by atoms with Gasteiger partial charge in [-0.2, -0.15) is 0 Å². The molecular formula is C19H28ClN3O5. The van der Waals surface area contributed by atoms with E-state index >= 15 is 0 Å². The van der Waals surface area contributed by atoms with Crippen LogP contribution in [0.4, 0.5) is 0 Å². The second kappa shape index (κ2) is 11.0. The second-order valence-corrected chi connectivity index (χ2v) is 7.53. The molecule has 0 saturated heterocycles. The van der Waals surface area contributed by atoms with E-state index in [0.717, 1.165) is 5.56 Å². The fourth-order valence-electron chi connectivity index (χ4n) is 2.53. The van der Waals surface area contributed by atoms with Crippen molar-refractivity contribution < 1.29 is 24.6 Å². The molecule has 0 bridgehead atoms. The summed E-state index contributed by atoms with van der Waals surface area (Å²) in [5, 5.41) is 24.2. The fourth-order valence-corrected chi connectivity index (χ4v) is 2.66. The van der Waals surface area contributed by atoms with E-state index in [0.29, 0.717) is 5.02 Å². The smallest absolute Gasteiger partial charge is 0.328 e. The van der Waals surface area contributed by atoms with E-state index in [1.807, 2.05) is 13.8 Å². The Labute approximate surface area is 169 Å². The number of aliphatic hydroxyl groups excluding tert-OH is 1. The van der Waals surface area contributed by atoms with Crippen molar-refractivity contribution >= 4 is 29.4 Å². The molecule has 1 aromatic carbocycles. The van der Waals surface area contributed by atoms with Crippen molar-refractivity contribution in [2.75, 3.05) is 6.54 Å². The van der Waals surface area contributed by atoms with Crippen molar-refractivity contribution in [3.05, 3.63) is 34.9 Å². The third-order valence-electron chi connectivity index (χ3n) is 4.38. The van der Waals surface area contributed by atoms with Crippen molar-refractivity contribution in [1.82, 2.24) is 10.6 Å². The summed E-state index contributed by atoms with van der Waals surface area (Å²) in [7, 11) is 0. The molecule has 0 spiro atoms. The van der Waals surface area contributed by atoms with E-state index in [4.69, 9.17) is 22.4 Å². The van der Waals surface area contributed by atoms with Crippen LogP contribution in [-0.4, -0.2) is 52.7 Å². The predicted octanol–water partition coefficient (Wildman–Crippen LogP) is 0.863. The van der Waals surface area contributed by atoms with E-state index in [-0.39, 0.29) is 24.8 Å². The van der Waals surface area contributed by atoms with Crippen LogP contribution >= 0.6 is 11.6 Å². The molecule has 0 saturated carbocycles. The van der Waals surface area contributed by atoms with E-state index < -0.39 is 36.0 Å². The van der Waals surface area contributed by atoms with Crippen LogP contribution in [0.5, 0.6) is 0 Å². The molecule has 0 radical (unpaired) electrons. The van der Waals surface area contributed by atoms with Crippen LogP contribution in [0.1, 0.15) is 38.7 Å². The number of benzene rings is 1. The predicted molar refractivity (Wildman–Crippen MR) is 106 cm³/mol. The van der Waals surface area contributed by atoms with E-state index in [2.05, 4.69) is 10.6 Å². The molecule has 4 atom stereocenters. The highest BCUT2D eigenvalue weighted by molar-refractivity contribution is 6.30. The summed E-state index contributed by atoms with van der Waals surface area (Å²) in [5.74, 6) is -2.69. The Balaban J connectivity index is 2.89. The molecule has 1 aromatic rings. The molecule has 156 valence electrons. The number of aliphatic carboxylic acids is 1. The fraction of sp³-hybridized carbons (Fsp3) is 0.526. The van der Waals surface area contributed by atoms with E-state index in [1.165, 1.54) is 6.92 Å². The Bertz CT molecular complexity index is 679. The van der Waals surface area contributed by atoms with E-state index in [1.54, 1.807) is 24.3 Å². The van der Waals surface area contributed by atoms with Crippen LogP contribution < -0.4 is 16.4 Å². The molecule has 8 nitrogen and oxygen atoms in total. The topological polar surface area (TPSA) is 142 Å². The molecule has 0 aliphatic heterocycles. The van der Waals surface area contributed by atoms with Crippen molar-refractivity contribution in [3.8, 4) is 0 Å². The van der Waals surface area contributed by atoms with Crippen molar-refractivity contribution in [1.29, 1.82) is 0 Å². The van der Waals surface area contributed by atoms with Gasteiger partial charge in [-0.15, -0.1) is 0 Å². The zero-order chi connectivity index (χ0) is 21.4. The lowest BCUT2D eigenvalue weighted by atomic mass is 9.94. The zero-order valence-corrected chi connectivity index (χ0v) is 16.9. The van der Waals surface area contributed by atoms with Crippen LogP contribution in [0.15, 0.2) is 24.3 Å². The van der Waals surface area contributed by atoms with Gasteiger partial charge in [0, 0.05) is 23.9 Å². The first kappa shape index (κ1) is 23.9. The number of hydrogen-bond acceptors (Lipinski definition) is 5. The molecule has 0 aliphatic rings. The van der Waals surface area contributed by atoms with Gasteiger partial charge in [0.1, 0.15) is 0 Å². The summed E-state index contributed by atoms with van der Waals surface area (Å²) in [6.45, 7) is 5.08. The number of carbonyl (C=O) groups is 3. The Morgan fingerprint density at radius 2 is 1.71 bits per heavy atom. The van der Waals surface area contributed by atoms with E-state index in [9.17, 15) is 19.5 Å². The summed E-state index contributed by atoms with van der Waals surface area (Å²) in [6, 6.07) is 4.71. The average Bonchev–Trinajstić information content (AvgIpc) is 2.62. The second-order valence-electron chi connectivity index (χ2n) is 7.09. The molecule has 0 heterocycles. The summed E-state index contributed by atoms with van der Waals surface area (Å²) in [5.41, 5.74) is 6.59. The lowest BCUT2D eigenvalue weighted by molar-refractivity contribution is -0.144. The summed E-state index contributed by atoms with van der Waals surface area (Å²) in [4.78, 5) is 35.7. The Hall–Kier alpha value is -2.16. The van der Waals surface area contributed by atoms with Gasteiger partial charge in [0.15, 0.2) is 6.04 Å². The average molecular weight is 414 g/mol. The minimum absolute atomic E-state index is 0.0420. The first-order valence-corrected chi connectivity index (χ1v) is 9.39. The Kier molecular flexibility index (Phi) is 9.37. The van der Waals surface area contributed by atoms with Crippen molar-refractivity contribution in [2.24, 2.45) is 11.7 Å². The largest absolute Gasteiger partial charge is 0.480 e. The van der Waals surface area contributed by atoms with Crippen LogP contribution in [0.3, 0.4) is 0 Å². The molecule has 28 heavy (non-hydrogen) atoms. The normalized spacial score (nSPS) is 15.4. The SMILES string of the molecule is CC(C)C(N)C(=O)NCC(CC(=O)NC(C(=O)O)C(C)O)c1ccc(Cl)cc1. The summed E-state index contributed by atoms with van der Waals surface area (Å²) < 4.78 is 0. The maximum Gasteiger partial charge on any atom is 0.328 e. The van der Waals surface area contributed by atoms with Crippen LogP contribution in [0.2, 0.25) is 5.02 Å². The lowest BCUT2D eigenvalue weighted by Gasteiger charge is -2.22. The zero-order valence-electron chi connectivity index (χ0n) is 16.2. The first-order valence-electron chi connectivity index (χ1n) is 9.01. The van der Waals surface area contributed by atoms with Crippen LogP contribution in [0, 0.1) is 5.92 Å². The number of carboxylic acid groups (broad SMARTS) is 1. The van der Waals surface area contributed by atoms with Crippen molar-refractivity contribution in [3.63, 3.8) is 0 Å². The van der Waals surface area contributed by atoms with Gasteiger partial charge in [0.2, 0.25) is 11.8 Å². The number of aliphatic hydroxyl groups is 1. The van der Waals surface area contributed by atoms with Gasteiger partial charge in [0.05, 0.1) is 12.1 Å². The van der Waals surface area contributed by atoms with Gasteiger partial charge in [-0.25, -0.2) is 4.79 Å². The third-order valence-corrected chi connectivity index (χ3v) is 4.63. The number of nitrogens with one attached hydrogen (secondary N) is 2. The lowest BCUT2D eigenvalue weighted by Crippen LogP contribution is -2.48. The number of rotatable bonds is 10. The molecule has 0 aliphatic carbocycles. The van der Waals surface area contributed by atoms with Crippen LogP contribution in [0.25, 0.3) is 0 Å². The number of halogens is 1. The molecule has 6 N–H and O–H groups in total. The molecule has 4 unspecified atom stereocenters. The first-order chi connectivity index (χ1) is 13.0. The molecule has 1 rings (SSSR count). The summed E-state index contributed by atoms with van der Waals surface area (Å²) in [6.07, 6.45) is -1.34. The molecular weight excluding hydrogens is 386 g/mol. The van der Waals surface area contributed by atoms with Gasteiger partial charge in [0.25, 0.3) is 0 Å². The van der Waals surface area contributed by atoms with Gasteiger partial charge in [-0.05, 0) is 30.5 Å². The molecule has 9 heteroatoms. The summed E-state index contributed by atoms with van der Waals surface area (Å²) >= 11 is 5.91. The molecule has 0 aromatic heterocycles. The number of carboxylic acids is 1. The highest BCUT2D eigenvalue weighted by atomic mass is 35.5. The van der Waals surface area contributed by atoms with Crippen molar-refractivity contribution in [2.45, 2.75) is 51.3 Å². The number of nitrogens with two attached hydrogens (primary N) is 1. The maximum absolute atomic E-state index is 12.4.